The maximum absolute atomic E-state index is 6.54. The molecular weight excluding hydrogens is 379 g/mol. The van der Waals surface area contributed by atoms with Crippen LogP contribution in [0, 0.1) is 17.8 Å². The van der Waals surface area contributed by atoms with Gasteiger partial charge in [-0.15, -0.1) is 0 Å². The molecule has 2 aromatic rings. The van der Waals surface area contributed by atoms with Gasteiger partial charge in [0.1, 0.15) is 0 Å². The number of rotatable bonds is 1. The van der Waals surface area contributed by atoms with E-state index in [4.69, 9.17) is 9.31 Å². The highest BCUT2D eigenvalue weighted by Crippen LogP contribution is 2.62. The van der Waals surface area contributed by atoms with Gasteiger partial charge >= 0.3 is 7.12 Å². The molecule has 4 aliphatic rings. The molecule has 1 aliphatic heterocycles. The van der Waals surface area contributed by atoms with Crippen LogP contribution in [0.15, 0.2) is 42.5 Å². The molecule has 31 heavy (non-hydrogen) atoms. The zero-order valence-corrected chi connectivity index (χ0v) is 19.7. The predicted octanol–water partition coefficient (Wildman–Crippen LogP) is 6.10. The van der Waals surface area contributed by atoms with Gasteiger partial charge < -0.3 is 9.31 Å². The largest absolute Gasteiger partial charge is 0.495 e. The van der Waals surface area contributed by atoms with E-state index >= 15 is 0 Å². The van der Waals surface area contributed by atoms with Crippen LogP contribution in [0.1, 0.15) is 77.8 Å². The Kier molecular flexibility index (Phi) is 4.20. The second kappa shape index (κ2) is 6.48. The van der Waals surface area contributed by atoms with Crippen LogP contribution >= 0.6 is 0 Å². The molecule has 3 aliphatic carbocycles. The van der Waals surface area contributed by atoms with Crippen LogP contribution in [0.2, 0.25) is 0 Å². The minimum absolute atomic E-state index is 0.163. The maximum atomic E-state index is 6.54. The Labute approximate surface area is 187 Å². The minimum Gasteiger partial charge on any atom is -0.399 e. The Morgan fingerprint density at radius 3 is 2.32 bits per heavy atom. The maximum Gasteiger partial charge on any atom is 0.495 e. The van der Waals surface area contributed by atoms with E-state index in [9.17, 15) is 0 Å². The Bertz CT molecular complexity index is 1020. The number of benzene rings is 2. The molecule has 1 spiro atoms. The fourth-order valence-corrected chi connectivity index (χ4v) is 7.37. The second-order valence-corrected chi connectivity index (χ2v) is 11.8. The Morgan fingerprint density at radius 1 is 0.839 bits per heavy atom. The topological polar surface area (TPSA) is 18.5 Å². The fourth-order valence-electron chi connectivity index (χ4n) is 7.37. The summed E-state index contributed by atoms with van der Waals surface area (Å²) in [6.07, 6.45) is 6.81. The van der Waals surface area contributed by atoms with E-state index in [-0.39, 0.29) is 23.7 Å². The highest BCUT2D eigenvalue weighted by Gasteiger charge is 2.56. The van der Waals surface area contributed by atoms with Crippen molar-refractivity contribution in [1.82, 2.24) is 0 Å². The predicted molar refractivity (Wildman–Crippen MR) is 128 cm³/mol. The van der Waals surface area contributed by atoms with Crippen molar-refractivity contribution in [2.24, 2.45) is 17.8 Å². The van der Waals surface area contributed by atoms with E-state index < -0.39 is 0 Å². The molecule has 1 heterocycles. The van der Waals surface area contributed by atoms with Gasteiger partial charge in [0.25, 0.3) is 0 Å². The van der Waals surface area contributed by atoms with E-state index in [1.54, 1.807) is 11.1 Å². The van der Waals surface area contributed by atoms with Gasteiger partial charge in [-0.25, -0.2) is 0 Å². The van der Waals surface area contributed by atoms with Crippen LogP contribution in [-0.4, -0.2) is 18.3 Å². The normalized spacial score (nSPS) is 34.6. The van der Waals surface area contributed by atoms with Gasteiger partial charge in [0.05, 0.1) is 11.2 Å². The summed E-state index contributed by atoms with van der Waals surface area (Å²) in [7, 11) is -0.315. The molecule has 1 saturated heterocycles. The van der Waals surface area contributed by atoms with Crippen molar-refractivity contribution >= 4 is 12.6 Å². The van der Waals surface area contributed by atoms with Crippen LogP contribution in [0.3, 0.4) is 0 Å². The van der Waals surface area contributed by atoms with Crippen molar-refractivity contribution < 1.29 is 9.31 Å². The standard InChI is InChI=1S/C28H35BO2/c1-18-15-19-13-14-28(20(16-18)17-19)22-10-7-6-9-21(22)25-23(28)11-8-12-24(25)29-30-26(2,3)27(4,5)31-29/h6-12,18-20H,13-17H2,1-5H3. The van der Waals surface area contributed by atoms with Gasteiger partial charge in [-0.3, -0.25) is 0 Å². The third kappa shape index (κ3) is 2.66. The van der Waals surface area contributed by atoms with Crippen molar-refractivity contribution in [1.29, 1.82) is 0 Å². The van der Waals surface area contributed by atoms with Crippen molar-refractivity contribution in [3.05, 3.63) is 53.6 Å². The molecule has 4 unspecified atom stereocenters. The van der Waals surface area contributed by atoms with E-state index in [1.807, 2.05) is 0 Å². The first kappa shape index (κ1) is 20.1. The summed E-state index contributed by atoms with van der Waals surface area (Å²) in [6, 6.07) is 16.1. The van der Waals surface area contributed by atoms with Gasteiger partial charge in [-0.2, -0.15) is 0 Å². The van der Waals surface area contributed by atoms with Crippen molar-refractivity contribution in [2.75, 3.05) is 0 Å². The molecule has 4 atom stereocenters. The summed E-state index contributed by atoms with van der Waals surface area (Å²) in [6.45, 7) is 11.1. The number of hydrogen-bond acceptors (Lipinski definition) is 2. The Morgan fingerprint density at radius 2 is 1.55 bits per heavy atom. The highest BCUT2D eigenvalue weighted by atomic mass is 16.7. The van der Waals surface area contributed by atoms with Crippen LogP contribution in [-0.2, 0) is 14.7 Å². The van der Waals surface area contributed by atoms with Crippen molar-refractivity contribution in [3.63, 3.8) is 0 Å². The molecule has 2 saturated carbocycles. The SMILES string of the molecule is CC1CC2CCC3(c4ccccc4-c4c(B5OC(C)(C)C(C)(C)O5)cccc43)C(C1)C2. The van der Waals surface area contributed by atoms with E-state index in [0.717, 1.165) is 17.8 Å². The smallest absolute Gasteiger partial charge is 0.399 e. The van der Waals surface area contributed by atoms with Crippen LogP contribution in [0.4, 0.5) is 0 Å². The van der Waals surface area contributed by atoms with E-state index in [1.165, 1.54) is 48.7 Å². The average molecular weight is 414 g/mol. The first-order chi connectivity index (χ1) is 14.7. The molecule has 162 valence electrons. The lowest BCUT2D eigenvalue weighted by atomic mass is 9.53. The number of hydrogen-bond donors (Lipinski definition) is 0. The molecule has 3 heteroatoms. The monoisotopic (exact) mass is 414 g/mol. The lowest BCUT2D eigenvalue weighted by molar-refractivity contribution is 0.00578. The third-order valence-corrected chi connectivity index (χ3v) is 9.45. The van der Waals surface area contributed by atoms with Gasteiger partial charge in [0, 0.05) is 5.41 Å². The molecule has 0 N–H and O–H groups in total. The molecular formula is C28H35BO2. The van der Waals surface area contributed by atoms with Crippen LogP contribution in [0.25, 0.3) is 11.1 Å². The Hall–Kier alpha value is -1.58. The van der Waals surface area contributed by atoms with E-state index in [2.05, 4.69) is 77.1 Å². The summed E-state index contributed by atoms with van der Waals surface area (Å²) in [4.78, 5) is 0. The molecule has 3 fully saturated rings. The first-order valence-electron chi connectivity index (χ1n) is 12.3. The average Bonchev–Trinajstić information content (AvgIpc) is 3.13. The zero-order chi connectivity index (χ0) is 21.6. The van der Waals surface area contributed by atoms with Gasteiger partial charge in [0.2, 0.25) is 0 Å². The lowest BCUT2D eigenvalue weighted by Gasteiger charge is -2.50. The molecule has 2 nitrogen and oxygen atoms in total. The summed E-state index contributed by atoms with van der Waals surface area (Å²) >= 11 is 0. The van der Waals surface area contributed by atoms with E-state index in [0.29, 0.717) is 0 Å². The van der Waals surface area contributed by atoms with Gasteiger partial charge in [-0.1, -0.05) is 49.4 Å². The molecule has 0 radical (unpaired) electrons. The molecule has 0 amide bonds. The number of fused-ring (bicyclic) bond motifs is 8. The second-order valence-electron chi connectivity index (χ2n) is 11.8. The van der Waals surface area contributed by atoms with Crippen molar-refractivity contribution in [2.45, 2.75) is 83.3 Å². The highest BCUT2D eigenvalue weighted by molar-refractivity contribution is 6.64. The van der Waals surface area contributed by atoms with Crippen molar-refractivity contribution in [3.8, 4) is 11.1 Å². The summed E-state index contributed by atoms with van der Waals surface area (Å²) in [5, 5.41) is 0. The third-order valence-electron chi connectivity index (χ3n) is 9.45. The van der Waals surface area contributed by atoms with Gasteiger partial charge in [0.15, 0.2) is 0 Å². The lowest BCUT2D eigenvalue weighted by Crippen LogP contribution is -2.44. The first-order valence-corrected chi connectivity index (χ1v) is 12.3. The van der Waals surface area contributed by atoms with Gasteiger partial charge in [-0.05, 0) is 105 Å². The summed E-state index contributed by atoms with van der Waals surface area (Å²) in [5.41, 5.74) is 6.64. The Balaban J connectivity index is 1.54. The molecule has 2 bridgehead atoms. The minimum atomic E-state index is -0.326. The van der Waals surface area contributed by atoms with Crippen LogP contribution < -0.4 is 5.46 Å². The molecule has 0 aromatic heterocycles. The fraction of sp³-hybridized carbons (Fsp3) is 0.571. The summed E-state index contributed by atoms with van der Waals surface area (Å²) < 4.78 is 13.1. The molecule has 6 rings (SSSR count). The zero-order valence-electron chi connectivity index (χ0n) is 19.7. The summed E-state index contributed by atoms with van der Waals surface area (Å²) in [5.74, 6) is 2.50. The molecule has 2 aromatic carbocycles. The quantitative estimate of drug-likeness (QED) is 0.525. The van der Waals surface area contributed by atoms with Crippen LogP contribution in [0.5, 0.6) is 0 Å².